The van der Waals surface area contributed by atoms with Crippen LogP contribution in [-0.2, 0) is 13.1 Å². The van der Waals surface area contributed by atoms with Crippen LogP contribution in [0.4, 0.5) is 0 Å². The average Bonchev–Trinajstić information content (AvgIpc) is 2.39. The van der Waals surface area contributed by atoms with Gasteiger partial charge < -0.3 is 10.1 Å². The van der Waals surface area contributed by atoms with Gasteiger partial charge in [-0.25, -0.2) is 4.98 Å². The van der Waals surface area contributed by atoms with Crippen molar-refractivity contribution in [3.05, 3.63) is 53.5 Å². The number of hydrogen-bond acceptors (Lipinski definition) is 4. The second kappa shape index (κ2) is 6.12. The smallest absolute Gasteiger partial charge is 0.213 e. The molecule has 4 nitrogen and oxygen atoms in total. The van der Waals surface area contributed by atoms with Gasteiger partial charge in [-0.05, 0) is 30.7 Å². The maximum absolute atomic E-state index is 5.08. The molecule has 0 aliphatic rings. The Morgan fingerprint density at radius 2 is 2.11 bits per heavy atom. The second-order valence-electron chi connectivity index (χ2n) is 4.08. The van der Waals surface area contributed by atoms with Gasteiger partial charge in [0.05, 0.1) is 12.8 Å². The fourth-order valence-electron chi connectivity index (χ4n) is 1.70. The molecule has 0 amide bonds. The summed E-state index contributed by atoms with van der Waals surface area (Å²) in [4.78, 5) is 8.51. The van der Waals surface area contributed by atoms with Crippen LogP contribution in [0, 0.1) is 6.92 Å². The lowest BCUT2D eigenvalue weighted by Crippen LogP contribution is -2.14. The Bertz CT molecular complexity index is 514. The van der Waals surface area contributed by atoms with E-state index >= 15 is 0 Å². The summed E-state index contributed by atoms with van der Waals surface area (Å²) in [7, 11) is 1.62. The molecule has 0 bridgehead atoms. The third-order valence-electron chi connectivity index (χ3n) is 2.59. The first-order valence-electron chi connectivity index (χ1n) is 5.90. The number of nitrogens with one attached hydrogen (secondary N) is 1. The lowest BCUT2D eigenvalue weighted by molar-refractivity contribution is 0.397. The van der Waals surface area contributed by atoms with Gasteiger partial charge in [0, 0.05) is 31.0 Å². The molecule has 0 unspecified atom stereocenters. The maximum atomic E-state index is 5.08. The van der Waals surface area contributed by atoms with Crippen LogP contribution in [0.1, 0.15) is 17.0 Å². The molecule has 0 aliphatic heterocycles. The Labute approximate surface area is 107 Å². The first kappa shape index (κ1) is 12.5. The van der Waals surface area contributed by atoms with Gasteiger partial charge >= 0.3 is 0 Å². The highest BCUT2D eigenvalue weighted by molar-refractivity contribution is 5.20. The Morgan fingerprint density at radius 1 is 1.22 bits per heavy atom. The minimum atomic E-state index is 0.642. The molecule has 2 heterocycles. The van der Waals surface area contributed by atoms with Crippen LogP contribution in [0.3, 0.4) is 0 Å². The van der Waals surface area contributed by atoms with E-state index in [9.17, 15) is 0 Å². The zero-order valence-electron chi connectivity index (χ0n) is 10.7. The van der Waals surface area contributed by atoms with E-state index in [1.165, 1.54) is 0 Å². The third kappa shape index (κ3) is 3.53. The molecular weight excluding hydrogens is 226 g/mol. The molecule has 2 aromatic rings. The second-order valence-corrected chi connectivity index (χ2v) is 4.08. The van der Waals surface area contributed by atoms with Gasteiger partial charge in [0.25, 0.3) is 0 Å². The van der Waals surface area contributed by atoms with Crippen molar-refractivity contribution in [1.82, 2.24) is 15.3 Å². The minimum absolute atomic E-state index is 0.642. The molecule has 2 aromatic heterocycles. The number of pyridine rings is 2. The van der Waals surface area contributed by atoms with E-state index in [0.29, 0.717) is 5.88 Å². The van der Waals surface area contributed by atoms with Crippen molar-refractivity contribution in [2.45, 2.75) is 20.0 Å². The van der Waals surface area contributed by atoms with Crippen molar-refractivity contribution in [2.24, 2.45) is 0 Å². The fraction of sp³-hybridized carbons (Fsp3) is 0.286. The van der Waals surface area contributed by atoms with E-state index in [4.69, 9.17) is 4.74 Å². The zero-order chi connectivity index (χ0) is 12.8. The van der Waals surface area contributed by atoms with E-state index in [-0.39, 0.29) is 0 Å². The molecule has 0 aliphatic carbocycles. The normalized spacial score (nSPS) is 10.3. The number of methoxy groups -OCH3 is 1. The molecule has 0 saturated heterocycles. The first-order valence-corrected chi connectivity index (χ1v) is 5.90. The van der Waals surface area contributed by atoms with E-state index in [1.807, 2.05) is 37.3 Å². The standard InChI is InChI=1S/C14H17N3O/c1-11-4-3-5-13(17-11)10-15-9-12-6-7-16-14(8-12)18-2/h3-8,15H,9-10H2,1-2H3. The molecule has 0 atom stereocenters. The van der Waals surface area contributed by atoms with Crippen LogP contribution in [0.5, 0.6) is 5.88 Å². The number of nitrogens with zero attached hydrogens (tertiary/aromatic N) is 2. The van der Waals surface area contributed by atoms with Crippen LogP contribution in [-0.4, -0.2) is 17.1 Å². The number of rotatable bonds is 5. The van der Waals surface area contributed by atoms with Crippen LogP contribution >= 0.6 is 0 Å². The quantitative estimate of drug-likeness (QED) is 0.873. The third-order valence-corrected chi connectivity index (χ3v) is 2.59. The summed E-state index contributed by atoms with van der Waals surface area (Å²) in [6.07, 6.45) is 1.75. The van der Waals surface area contributed by atoms with Gasteiger partial charge in [-0.15, -0.1) is 0 Å². The van der Waals surface area contributed by atoms with E-state index in [1.54, 1.807) is 13.3 Å². The number of aryl methyl sites for hydroxylation is 1. The Kier molecular flexibility index (Phi) is 4.25. The lowest BCUT2D eigenvalue weighted by Gasteiger charge is -2.06. The molecule has 0 spiro atoms. The molecule has 0 aromatic carbocycles. The summed E-state index contributed by atoms with van der Waals surface area (Å²) >= 11 is 0. The summed E-state index contributed by atoms with van der Waals surface area (Å²) in [6, 6.07) is 9.94. The number of aromatic nitrogens is 2. The molecule has 94 valence electrons. The van der Waals surface area contributed by atoms with Gasteiger partial charge in [0.15, 0.2) is 0 Å². The molecule has 18 heavy (non-hydrogen) atoms. The molecule has 4 heteroatoms. The zero-order valence-corrected chi connectivity index (χ0v) is 10.7. The van der Waals surface area contributed by atoms with Crippen molar-refractivity contribution in [1.29, 1.82) is 0 Å². The number of hydrogen-bond donors (Lipinski definition) is 1. The molecule has 0 saturated carbocycles. The lowest BCUT2D eigenvalue weighted by atomic mass is 10.2. The SMILES string of the molecule is COc1cc(CNCc2cccc(C)n2)ccn1. The fourth-order valence-corrected chi connectivity index (χ4v) is 1.70. The van der Waals surface area contributed by atoms with E-state index in [0.717, 1.165) is 30.0 Å². The first-order chi connectivity index (χ1) is 8.78. The highest BCUT2D eigenvalue weighted by Crippen LogP contribution is 2.08. The van der Waals surface area contributed by atoms with Crippen molar-refractivity contribution in [3.8, 4) is 5.88 Å². The summed E-state index contributed by atoms with van der Waals surface area (Å²) < 4.78 is 5.08. The Balaban J connectivity index is 1.88. The van der Waals surface area contributed by atoms with Crippen molar-refractivity contribution >= 4 is 0 Å². The van der Waals surface area contributed by atoms with Gasteiger partial charge in [0.1, 0.15) is 0 Å². The summed E-state index contributed by atoms with van der Waals surface area (Å²) in [5.41, 5.74) is 3.24. The van der Waals surface area contributed by atoms with Crippen molar-refractivity contribution < 1.29 is 4.74 Å². The Hall–Kier alpha value is -1.94. The van der Waals surface area contributed by atoms with Crippen LogP contribution in [0.2, 0.25) is 0 Å². The van der Waals surface area contributed by atoms with E-state index < -0.39 is 0 Å². The van der Waals surface area contributed by atoms with E-state index in [2.05, 4.69) is 15.3 Å². The van der Waals surface area contributed by atoms with Gasteiger partial charge in [-0.2, -0.15) is 0 Å². The van der Waals surface area contributed by atoms with Crippen molar-refractivity contribution in [3.63, 3.8) is 0 Å². The maximum Gasteiger partial charge on any atom is 0.213 e. The largest absolute Gasteiger partial charge is 0.481 e. The molecular formula is C14H17N3O. The summed E-state index contributed by atoms with van der Waals surface area (Å²) in [5.74, 6) is 0.642. The van der Waals surface area contributed by atoms with Crippen LogP contribution in [0.25, 0.3) is 0 Å². The highest BCUT2D eigenvalue weighted by Gasteiger charge is 1.98. The minimum Gasteiger partial charge on any atom is -0.481 e. The van der Waals surface area contributed by atoms with Crippen LogP contribution < -0.4 is 10.1 Å². The summed E-state index contributed by atoms with van der Waals surface area (Å²) in [5, 5.41) is 3.35. The van der Waals surface area contributed by atoms with Crippen molar-refractivity contribution in [2.75, 3.05) is 7.11 Å². The molecule has 1 N–H and O–H groups in total. The monoisotopic (exact) mass is 243 g/mol. The predicted molar refractivity (Wildman–Crippen MR) is 70.3 cm³/mol. The van der Waals surface area contributed by atoms with Gasteiger partial charge in [0.2, 0.25) is 5.88 Å². The topological polar surface area (TPSA) is 47.0 Å². The molecule has 0 radical (unpaired) electrons. The highest BCUT2D eigenvalue weighted by atomic mass is 16.5. The average molecular weight is 243 g/mol. The predicted octanol–water partition coefficient (Wildman–Crippen LogP) is 2.08. The summed E-state index contributed by atoms with van der Waals surface area (Å²) in [6.45, 7) is 3.53. The van der Waals surface area contributed by atoms with Gasteiger partial charge in [-0.3, -0.25) is 4.98 Å². The molecule has 0 fully saturated rings. The Morgan fingerprint density at radius 3 is 2.89 bits per heavy atom. The molecule has 2 rings (SSSR count). The number of ether oxygens (including phenoxy) is 1. The van der Waals surface area contributed by atoms with Crippen LogP contribution in [0.15, 0.2) is 36.5 Å². The van der Waals surface area contributed by atoms with Gasteiger partial charge in [-0.1, -0.05) is 6.07 Å².